The van der Waals surface area contributed by atoms with Crippen LogP contribution in [-0.2, 0) is 4.79 Å². The number of alkyl halides is 2. The number of fused-ring (bicyclic) bond motifs is 1. The van der Waals surface area contributed by atoms with Crippen molar-refractivity contribution in [2.75, 3.05) is 5.75 Å². The van der Waals surface area contributed by atoms with E-state index in [9.17, 15) is 18.4 Å². The van der Waals surface area contributed by atoms with Crippen LogP contribution in [0.5, 0.6) is 5.75 Å². The zero-order valence-electron chi connectivity index (χ0n) is 18.2. The Hall–Kier alpha value is -2.94. The van der Waals surface area contributed by atoms with E-state index in [4.69, 9.17) is 0 Å². The summed E-state index contributed by atoms with van der Waals surface area (Å²) in [5.41, 5.74) is 0.677. The molecule has 3 aromatic rings. The van der Waals surface area contributed by atoms with E-state index >= 15 is 0 Å². The van der Waals surface area contributed by atoms with Gasteiger partial charge in [-0.15, -0.1) is 0 Å². The van der Waals surface area contributed by atoms with Gasteiger partial charge >= 0.3 is 6.61 Å². The van der Waals surface area contributed by atoms with Gasteiger partial charge in [0.1, 0.15) is 5.75 Å². The molecule has 0 spiro atoms. The number of nitrogens with one attached hydrogen (secondary N) is 1. The molecule has 1 aliphatic rings. The zero-order chi connectivity index (χ0) is 23.4. The molecule has 0 aliphatic heterocycles. The van der Waals surface area contributed by atoms with Crippen LogP contribution in [-0.4, -0.2) is 33.9 Å². The lowest BCUT2D eigenvalue weighted by Crippen LogP contribution is -2.41. The third-order valence-electron chi connectivity index (χ3n) is 5.86. The molecule has 2 aromatic carbocycles. The second kappa shape index (κ2) is 10.3. The van der Waals surface area contributed by atoms with Crippen LogP contribution in [0.15, 0.2) is 58.5 Å². The van der Waals surface area contributed by atoms with Crippen molar-refractivity contribution in [3.8, 4) is 11.4 Å². The standard InChI is InChI=1S/C24H25F2N3O3S/c1-15-6-2-4-8-19(15)27-21(30)14-33-24-28-20-9-5-3-7-18(20)22(31)29(24)16-10-12-17(13-11-16)32-23(25)26/h3,5,7,9-13,15,19,23H,2,4,6,8,14H2,1H3,(H,27,30). The number of carbonyl (C=O) groups excluding carboxylic acids is 1. The Morgan fingerprint density at radius 1 is 1.18 bits per heavy atom. The molecule has 1 saturated carbocycles. The molecule has 0 saturated heterocycles. The van der Waals surface area contributed by atoms with Gasteiger partial charge in [-0.2, -0.15) is 8.78 Å². The quantitative estimate of drug-likeness (QED) is 0.395. The molecule has 1 fully saturated rings. The third-order valence-corrected chi connectivity index (χ3v) is 6.79. The highest BCUT2D eigenvalue weighted by molar-refractivity contribution is 7.99. The number of aromatic nitrogens is 2. The lowest BCUT2D eigenvalue weighted by Gasteiger charge is -2.29. The number of rotatable bonds is 7. The Bertz CT molecular complexity index is 1180. The lowest BCUT2D eigenvalue weighted by atomic mass is 9.86. The SMILES string of the molecule is CC1CCCCC1NC(=O)CSc1nc2ccccc2c(=O)n1-c1ccc(OC(F)F)cc1. The number of nitrogens with zero attached hydrogens (tertiary/aromatic N) is 2. The Balaban J connectivity index is 1.61. The van der Waals surface area contributed by atoms with E-state index in [0.717, 1.165) is 19.3 Å². The minimum atomic E-state index is -2.93. The van der Waals surface area contributed by atoms with Gasteiger partial charge < -0.3 is 10.1 Å². The monoisotopic (exact) mass is 473 g/mol. The first-order valence-corrected chi connectivity index (χ1v) is 11.9. The normalized spacial score (nSPS) is 18.4. The van der Waals surface area contributed by atoms with Crippen LogP contribution in [0.2, 0.25) is 0 Å². The average molecular weight is 474 g/mol. The molecule has 0 radical (unpaired) electrons. The minimum absolute atomic E-state index is 0.00858. The number of amides is 1. The maximum absolute atomic E-state index is 13.3. The van der Waals surface area contributed by atoms with Crippen molar-refractivity contribution in [3.05, 3.63) is 58.9 Å². The van der Waals surface area contributed by atoms with Crippen molar-refractivity contribution < 1.29 is 18.3 Å². The molecule has 1 aromatic heterocycles. The Labute approximate surface area is 194 Å². The molecule has 2 atom stereocenters. The second-order valence-electron chi connectivity index (χ2n) is 8.15. The summed E-state index contributed by atoms with van der Waals surface area (Å²) in [6.07, 6.45) is 4.38. The fourth-order valence-corrected chi connectivity index (χ4v) is 4.95. The fourth-order valence-electron chi connectivity index (χ4n) is 4.12. The van der Waals surface area contributed by atoms with E-state index in [0.29, 0.717) is 27.7 Å². The van der Waals surface area contributed by atoms with Crippen LogP contribution in [0, 0.1) is 5.92 Å². The molecular formula is C24H25F2N3O3S. The third kappa shape index (κ3) is 5.52. The summed E-state index contributed by atoms with van der Waals surface area (Å²) in [6.45, 7) is -0.779. The van der Waals surface area contributed by atoms with Gasteiger partial charge in [0.05, 0.1) is 22.3 Å². The van der Waals surface area contributed by atoms with E-state index in [1.807, 2.05) is 0 Å². The van der Waals surface area contributed by atoms with Gasteiger partial charge in [-0.05, 0) is 55.2 Å². The molecule has 1 aliphatic carbocycles. The van der Waals surface area contributed by atoms with Gasteiger partial charge in [-0.1, -0.05) is 43.7 Å². The highest BCUT2D eigenvalue weighted by Gasteiger charge is 2.23. The Kier molecular flexibility index (Phi) is 7.27. The minimum Gasteiger partial charge on any atom is -0.435 e. The summed E-state index contributed by atoms with van der Waals surface area (Å²) in [5, 5.41) is 3.89. The number of benzene rings is 2. The molecule has 9 heteroatoms. The second-order valence-corrected chi connectivity index (χ2v) is 9.09. The molecule has 1 heterocycles. The summed E-state index contributed by atoms with van der Waals surface area (Å²) in [4.78, 5) is 30.5. The van der Waals surface area contributed by atoms with Crippen molar-refractivity contribution in [2.24, 2.45) is 5.92 Å². The van der Waals surface area contributed by atoms with Gasteiger partial charge in [0, 0.05) is 6.04 Å². The number of hydrogen-bond acceptors (Lipinski definition) is 5. The maximum atomic E-state index is 13.3. The molecular weight excluding hydrogens is 448 g/mol. The summed E-state index contributed by atoms with van der Waals surface area (Å²) in [5.74, 6) is 0.443. The van der Waals surface area contributed by atoms with E-state index in [-0.39, 0.29) is 29.0 Å². The topological polar surface area (TPSA) is 73.2 Å². The smallest absolute Gasteiger partial charge is 0.387 e. The predicted molar refractivity (Wildman–Crippen MR) is 124 cm³/mol. The van der Waals surface area contributed by atoms with Gasteiger partial charge in [-0.25, -0.2) is 4.98 Å². The van der Waals surface area contributed by atoms with Crippen LogP contribution in [0.1, 0.15) is 32.6 Å². The Morgan fingerprint density at radius 3 is 2.64 bits per heavy atom. The van der Waals surface area contributed by atoms with Crippen LogP contribution in [0.25, 0.3) is 16.6 Å². The van der Waals surface area contributed by atoms with Gasteiger partial charge in [0.25, 0.3) is 5.56 Å². The van der Waals surface area contributed by atoms with Crippen molar-refractivity contribution in [1.29, 1.82) is 0 Å². The average Bonchev–Trinajstić information content (AvgIpc) is 2.80. The molecule has 6 nitrogen and oxygen atoms in total. The summed E-state index contributed by atoms with van der Waals surface area (Å²) >= 11 is 1.17. The number of ether oxygens (including phenoxy) is 1. The molecule has 33 heavy (non-hydrogen) atoms. The molecule has 1 amide bonds. The number of hydrogen-bond donors (Lipinski definition) is 1. The Morgan fingerprint density at radius 2 is 1.91 bits per heavy atom. The van der Waals surface area contributed by atoms with Gasteiger partial charge in [0.2, 0.25) is 5.91 Å². The highest BCUT2D eigenvalue weighted by Crippen LogP contribution is 2.25. The zero-order valence-corrected chi connectivity index (χ0v) is 19.0. The van der Waals surface area contributed by atoms with Crippen molar-refractivity contribution >= 4 is 28.6 Å². The number of thioether (sulfide) groups is 1. The summed E-state index contributed by atoms with van der Waals surface area (Å²) in [7, 11) is 0. The van der Waals surface area contributed by atoms with Gasteiger partial charge in [-0.3, -0.25) is 14.2 Å². The first-order valence-electron chi connectivity index (χ1n) is 10.9. The fraction of sp³-hybridized carbons (Fsp3) is 0.375. The van der Waals surface area contributed by atoms with Crippen LogP contribution < -0.4 is 15.6 Å². The van der Waals surface area contributed by atoms with Crippen molar-refractivity contribution in [3.63, 3.8) is 0 Å². The number of para-hydroxylation sites is 1. The first kappa shape index (κ1) is 23.2. The van der Waals surface area contributed by atoms with E-state index in [2.05, 4.69) is 22.0 Å². The summed E-state index contributed by atoms with van der Waals surface area (Å²) in [6, 6.07) is 12.9. The first-order chi connectivity index (χ1) is 15.9. The molecule has 1 N–H and O–H groups in total. The van der Waals surface area contributed by atoms with Crippen LogP contribution >= 0.6 is 11.8 Å². The highest BCUT2D eigenvalue weighted by atomic mass is 32.2. The molecule has 174 valence electrons. The summed E-state index contributed by atoms with van der Waals surface area (Å²) < 4.78 is 30.8. The largest absolute Gasteiger partial charge is 0.435 e. The maximum Gasteiger partial charge on any atom is 0.387 e. The van der Waals surface area contributed by atoms with Crippen molar-refractivity contribution in [1.82, 2.24) is 14.9 Å². The van der Waals surface area contributed by atoms with Crippen LogP contribution in [0.4, 0.5) is 8.78 Å². The lowest BCUT2D eigenvalue weighted by molar-refractivity contribution is -0.119. The van der Waals surface area contributed by atoms with E-state index < -0.39 is 6.61 Å². The number of carbonyl (C=O) groups is 1. The van der Waals surface area contributed by atoms with Gasteiger partial charge in [0.15, 0.2) is 5.16 Å². The molecule has 4 rings (SSSR count). The van der Waals surface area contributed by atoms with Crippen LogP contribution in [0.3, 0.4) is 0 Å². The molecule has 0 bridgehead atoms. The number of halogens is 2. The predicted octanol–water partition coefficient (Wildman–Crippen LogP) is 4.77. The van der Waals surface area contributed by atoms with E-state index in [1.165, 1.54) is 47.0 Å². The van der Waals surface area contributed by atoms with Crippen molar-refractivity contribution in [2.45, 2.75) is 50.4 Å². The van der Waals surface area contributed by atoms with E-state index in [1.54, 1.807) is 24.3 Å². The molecule has 2 unspecified atom stereocenters.